The molecule has 0 radical (unpaired) electrons. The van der Waals surface area contributed by atoms with Crippen LogP contribution in [0.15, 0.2) is 35.2 Å². The average Bonchev–Trinajstić information content (AvgIpc) is 3.22. The monoisotopic (exact) mass is 389 g/mol. The normalized spacial score (nSPS) is 14.5. The maximum Gasteiger partial charge on any atom is 0.261 e. The molecule has 144 valence electrons. The first kappa shape index (κ1) is 19.5. The molecule has 3 heterocycles. The second-order valence-corrected chi connectivity index (χ2v) is 8.28. The number of nitrogens with zero attached hydrogens (tertiary/aromatic N) is 5. The summed E-state index contributed by atoms with van der Waals surface area (Å²) >= 11 is 5.93. The lowest BCUT2D eigenvalue weighted by atomic mass is 9.73. The van der Waals surface area contributed by atoms with Gasteiger partial charge in [-0.3, -0.25) is 4.68 Å². The van der Waals surface area contributed by atoms with Gasteiger partial charge in [0.2, 0.25) is 0 Å². The summed E-state index contributed by atoms with van der Waals surface area (Å²) in [5.74, 6) is 1.16. The highest BCUT2D eigenvalue weighted by molar-refractivity contribution is 6.29. The first-order valence-electron chi connectivity index (χ1n) is 8.81. The van der Waals surface area contributed by atoms with Crippen molar-refractivity contribution in [2.45, 2.75) is 52.2 Å². The molecule has 0 aliphatic carbocycles. The third kappa shape index (κ3) is 4.04. The number of aliphatic hydroxyl groups is 1. The Balaban J connectivity index is 1.94. The minimum Gasteiger partial charge on any atom is -0.389 e. The van der Waals surface area contributed by atoms with E-state index in [-0.39, 0.29) is 5.92 Å². The van der Waals surface area contributed by atoms with Gasteiger partial charge in [0.1, 0.15) is 5.15 Å². The Bertz CT molecular complexity index is 911. The van der Waals surface area contributed by atoms with Crippen LogP contribution in [0.3, 0.4) is 0 Å². The summed E-state index contributed by atoms with van der Waals surface area (Å²) in [6.07, 6.45) is 5.19. The zero-order chi connectivity index (χ0) is 19.8. The summed E-state index contributed by atoms with van der Waals surface area (Å²) in [4.78, 5) is 8.83. The predicted molar refractivity (Wildman–Crippen MR) is 102 cm³/mol. The first-order chi connectivity index (χ1) is 12.6. The Kier molecular flexibility index (Phi) is 5.10. The van der Waals surface area contributed by atoms with Crippen LogP contribution in [0, 0.1) is 5.92 Å². The van der Waals surface area contributed by atoms with Crippen molar-refractivity contribution < 1.29 is 9.63 Å². The molecule has 3 aromatic heterocycles. The molecule has 8 heteroatoms. The van der Waals surface area contributed by atoms with Gasteiger partial charge < -0.3 is 9.63 Å². The lowest BCUT2D eigenvalue weighted by Crippen LogP contribution is -2.31. The van der Waals surface area contributed by atoms with Crippen molar-refractivity contribution in [3.8, 4) is 11.5 Å². The molecule has 1 atom stereocenters. The number of halogens is 1. The molecule has 3 aromatic rings. The summed E-state index contributed by atoms with van der Waals surface area (Å²) in [5, 5.41) is 18.9. The third-order valence-corrected chi connectivity index (χ3v) is 5.03. The SMILES string of the molecule is CC(C)C(C)(c1ccc(Cl)nc1)c1noc(-c2cnn(CC(C)(C)O)c2)n1. The lowest BCUT2D eigenvalue weighted by Gasteiger charge is -2.30. The second kappa shape index (κ2) is 7.05. The first-order valence-corrected chi connectivity index (χ1v) is 9.19. The Labute approximate surface area is 163 Å². The highest BCUT2D eigenvalue weighted by Gasteiger charge is 2.38. The second-order valence-electron chi connectivity index (χ2n) is 7.89. The van der Waals surface area contributed by atoms with Gasteiger partial charge in [0.15, 0.2) is 5.82 Å². The van der Waals surface area contributed by atoms with Crippen LogP contribution in [-0.2, 0) is 12.0 Å². The molecule has 0 aliphatic rings. The molecule has 0 fully saturated rings. The fourth-order valence-electron chi connectivity index (χ4n) is 2.91. The highest BCUT2D eigenvalue weighted by Crippen LogP contribution is 2.38. The van der Waals surface area contributed by atoms with Gasteiger partial charge in [0.05, 0.1) is 29.3 Å². The van der Waals surface area contributed by atoms with E-state index >= 15 is 0 Å². The Hall–Kier alpha value is -2.25. The summed E-state index contributed by atoms with van der Waals surface area (Å²) in [6, 6.07) is 3.70. The smallest absolute Gasteiger partial charge is 0.261 e. The topological polar surface area (TPSA) is 89.9 Å². The fraction of sp³-hybridized carbons (Fsp3) is 0.474. The predicted octanol–water partition coefficient (Wildman–Crippen LogP) is 3.71. The number of hydrogen-bond donors (Lipinski definition) is 1. The molecule has 0 spiro atoms. The molecule has 7 nitrogen and oxygen atoms in total. The Morgan fingerprint density at radius 1 is 1.22 bits per heavy atom. The largest absolute Gasteiger partial charge is 0.389 e. The van der Waals surface area contributed by atoms with E-state index in [1.54, 1.807) is 43.2 Å². The molecule has 3 rings (SSSR count). The molecule has 0 aromatic carbocycles. The van der Waals surface area contributed by atoms with Crippen LogP contribution in [0.2, 0.25) is 5.15 Å². The van der Waals surface area contributed by atoms with Gasteiger partial charge in [-0.15, -0.1) is 0 Å². The van der Waals surface area contributed by atoms with Crippen molar-refractivity contribution in [1.82, 2.24) is 24.9 Å². The van der Waals surface area contributed by atoms with Gasteiger partial charge in [-0.05, 0) is 38.3 Å². The molecular weight excluding hydrogens is 366 g/mol. The van der Waals surface area contributed by atoms with E-state index in [1.807, 2.05) is 6.07 Å². The van der Waals surface area contributed by atoms with E-state index in [1.165, 1.54) is 0 Å². The maximum absolute atomic E-state index is 9.94. The van der Waals surface area contributed by atoms with Crippen molar-refractivity contribution in [3.63, 3.8) is 0 Å². The van der Waals surface area contributed by atoms with Crippen LogP contribution < -0.4 is 0 Å². The van der Waals surface area contributed by atoms with Crippen LogP contribution in [0.4, 0.5) is 0 Å². The van der Waals surface area contributed by atoms with Gasteiger partial charge in [-0.25, -0.2) is 4.98 Å². The summed E-state index contributed by atoms with van der Waals surface area (Å²) in [5.41, 5.74) is 0.328. The molecule has 1 N–H and O–H groups in total. The van der Waals surface area contributed by atoms with Crippen molar-refractivity contribution in [3.05, 3.63) is 47.3 Å². The Morgan fingerprint density at radius 2 is 1.96 bits per heavy atom. The zero-order valence-electron chi connectivity index (χ0n) is 16.1. The third-order valence-electron chi connectivity index (χ3n) is 4.80. The number of rotatable bonds is 6. The molecule has 1 unspecified atom stereocenters. The summed E-state index contributed by atoms with van der Waals surface area (Å²) in [7, 11) is 0. The van der Waals surface area contributed by atoms with Crippen molar-refractivity contribution in [2.75, 3.05) is 0 Å². The van der Waals surface area contributed by atoms with Crippen molar-refractivity contribution in [2.24, 2.45) is 5.92 Å². The number of hydrogen-bond acceptors (Lipinski definition) is 6. The number of pyridine rings is 1. The summed E-state index contributed by atoms with van der Waals surface area (Å²) < 4.78 is 7.17. The van der Waals surface area contributed by atoms with E-state index in [4.69, 9.17) is 16.1 Å². The van der Waals surface area contributed by atoms with Gasteiger partial charge in [0, 0.05) is 12.4 Å². The molecule has 0 saturated heterocycles. The van der Waals surface area contributed by atoms with Gasteiger partial charge in [-0.1, -0.05) is 36.7 Å². The average molecular weight is 390 g/mol. The van der Waals surface area contributed by atoms with Crippen LogP contribution in [0.25, 0.3) is 11.5 Å². The van der Waals surface area contributed by atoms with E-state index in [9.17, 15) is 5.11 Å². The van der Waals surface area contributed by atoms with Gasteiger partial charge in [0.25, 0.3) is 5.89 Å². The highest BCUT2D eigenvalue weighted by atomic mass is 35.5. The minimum absolute atomic E-state index is 0.198. The van der Waals surface area contributed by atoms with Gasteiger partial charge >= 0.3 is 0 Å². The molecule has 0 saturated carbocycles. The quantitative estimate of drug-likeness (QED) is 0.646. The minimum atomic E-state index is -0.860. The van der Waals surface area contributed by atoms with Crippen molar-refractivity contribution in [1.29, 1.82) is 0 Å². The van der Waals surface area contributed by atoms with Crippen LogP contribution >= 0.6 is 11.6 Å². The van der Waals surface area contributed by atoms with Crippen LogP contribution in [-0.4, -0.2) is 35.6 Å². The molecule has 0 aliphatic heterocycles. The van der Waals surface area contributed by atoms with E-state index in [0.29, 0.717) is 29.0 Å². The fourth-order valence-corrected chi connectivity index (χ4v) is 3.02. The van der Waals surface area contributed by atoms with E-state index < -0.39 is 11.0 Å². The van der Waals surface area contributed by atoms with Crippen molar-refractivity contribution >= 4 is 11.6 Å². The molecule has 27 heavy (non-hydrogen) atoms. The maximum atomic E-state index is 9.94. The van der Waals surface area contributed by atoms with Crippen LogP contribution in [0.1, 0.15) is 46.0 Å². The van der Waals surface area contributed by atoms with Gasteiger partial charge in [-0.2, -0.15) is 10.1 Å². The molecule has 0 amide bonds. The molecular formula is C19H24ClN5O2. The lowest BCUT2D eigenvalue weighted by molar-refractivity contribution is 0.0577. The van der Waals surface area contributed by atoms with Crippen LogP contribution in [0.5, 0.6) is 0 Å². The van der Waals surface area contributed by atoms with E-state index in [2.05, 4.69) is 41.0 Å². The zero-order valence-corrected chi connectivity index (χ0v) is 16.9. The Morgan fingerprint density at radius 3 is 2.56 bits per heavy atom. The number of aromatic nitrogens is 5. The van der Waals surface area contributed by atoms with E-state index in [0.717, 1.165) is 5.56 Å². The summed E-state index contributed by atoms with van der Waals surface area (Å²) in [6.45, 7) is 10.1. The molecule has 0 bridgehead atoms. The standard InChI is InChI=1S/C19H24ClN5O2/c1-12(2)19(5,14-6-7-15(20)21-9-14)17-23-16(27-24-17)13-8-22-25(10-13)11-18(3,4)26/h6-10,12,26H,11H2,1-5H3.